The van der Waals surface area contributed by atoms with Crippen LogP contribution in [0.1, 0.15) is 38.2 Å². The molecule has 1 N–H and O–H groups in total. The van der Waals surface area contributed by atoms with Crippen molar-refractivity contribution in [3.05, 3.63) is 28.8 Å². The summed E-state index contributed by atoms with van der Waals surface area (Å²) in [6.07, 6.45) is 1.90. The highest BCUT2D eigenvalue weighted by molar-refractivity contribution is 6.33. The van der Waals surface area contributed by atoms with E-state index in [2.05, 4.69) is 5.32 Å². The molecule has 1 amide bonds. The topological polar surface area (TPSA) is 55.4 Å². The number of rotatable bonds is 2. The molecule has 0 aromatic heterocycles. The van der Waals surface area contributed by atoms with Crippen LogP contribution in [0, 0.1) is 0 Å². The van der Waals surface area contributed by atoms with Gasteiger partial charge in [-0.25, -0.2) is 0 Å². The fourth-order valence-corrected chi connectivity index (χ4v) is 3.44. The molecule has 1 fully saturated rings. The Hall–Kier alpha value is -1.39. The van der Waals surface area contributed by atoms with Crippen LogP contribution in [-0.4, -0.2) is 17.8 Å². The Labute approximate surface area is 122 Å². The van der Waals surface area contributed by atoms with E-state index in [1.54, 1.807) is 18.2 Å². The minimum atomic E-state index is -1.23. The Bertz CT molecular complexity index is 586. The predicted octanol–water partition coefficient (Wildman–Crippen LogP) is 3.04. The molecule has 0 saturated carbocycles. The summed E-state index contributed by atoms with van der Waals surface area (Å²) in [5.41, 5.74) is 0.0244. The second-order valence-corrected chi connectivity index (χ2v) is 5.80. The van der Waals surface area contributed by atoms with Gasteiger partial charge in [0.05, 0.1) is 6.10 Å². The number of Topliss-reactive ketones (excluding diaryl/α,β-unsaturated/α-hetero) is 1. The Morgan fingerprint density at radius 1 is 1.45 bits per heavy atom. The zero-order chi connectivity index (χ0) is 14.3. The highest BCUT2D eigenvalue weighted by atomic mass is 35.5. The summed E-state index contributed by atoms with van der Waals surface area (Å²) in [4.78, 5) is 24.5. The zero-order valence-corrected chi connectivity index (χ0v) is 12.0. The van der Waals surface area contributed by atoms with Crippen molar-refractivity contribution in [2.45, 2.75) is 44.3 Å². The molecule has 2 aliphatic rings. The number of fused-ring (bicyclic) bond motifs is 2. The molecular formula is C15H16ClNO3. The minimum absolute atomic E-state index is 0.0534. The van der Waals surface area contributed by atoms with Gasteiger partial charge in [-0.3, -0.25) is 9.59 Å². The maximum absolute atomic E-state index is 12.4. The second kappa shape index (κ2) is 4.86. The van der Waals surface area contributed by atoms with Crippen molar-refractivity contribution in [2.24, 2.45) is 0 Å². The lowest BCUT2D eigenvalue weighted by Gasteiger charge is -2.36. The lowest BCUT2D eigenvalue weighted by Crippen LogP contribution is -2.47. The van der Waals surface area contributed by atoms with Crippen LogP contribution in [0.4, 0.5) is 5.69 Å². The molecule has 3 rings (SSSR count). The van der Waals surface area contributed by atoms with Crippen molar-refractivity contribution in [1.82, 2.24) is 0 Å². The molecule has 0 aliphatic carbocycles. The number of ketones is 1. The number of anilines is 1. The van der Waals surface area contributed by atoms with Crippen molar-refractivity contribution in [2.75, 3.05) is 5.32 Å². The van der Waals surface area contributed by atoms with E-state index in [4.69, 9.17) is 16.3 Å². The van der Waals surface area contributed by atoms with E-state index in [1.807, 2.05) is 6.92 Å². The van der Waals surface area contributed by atoms with E-state index >= 15 is 0 Å². The number of carbonyl (C=O) groups is 2. The van der Waals surface area contributed by atoms with Gasteiger partial charge in [-0.2, -0.15) is 0 Å². The van der Waals surface area contributed by atoms with Crippen molar-refractivity contribution in [3.8, 4) is 0 Å². The largest absolute Gasteiger partial charge is 0.356 e. The molecule has 2 atom stereocenters. The summed E-state index contributed by atoms with van der Waals surface area (Å²) in [7, 11) is 0. The number of nitrogens with one attached hydrogen (secondary N) is 1. The summed E-state index contributed by atoms with van der Waals surface area (Å²) in [5.74, 6) is -0.229. The summed E-state index contributed by atoms with van der Waals surface area (Å²) >= 11 is 6.25. The smallest absolute Gasteiger partial charge is 0.261 e. The third-order valence-electron chi connectivity index (χ3n) is 3.91. The van der Waals surface area contributed by atoms with Crippen molar-refractivity contribution in [1.29, 1.82) is 0 Å². The van der Waals surface area contributed by atoms with E-state index in [1.165, 1.54) is 0 Å². The molecule has 1 aromatic rings. The van der Waals surface area contributed by atoms with Gasteiger partial charge in [0, 0.05) is 29.1 Å². The van der Waals surface area contributed by atoms with Gasteiger partial charge >= 0.3 is 0 Å². The van der Waals surface area contributed by atoms with Crippen LogP contribution >= 0.6 is 11.6 Å². The van der Waals surface area contributed by atoms with Crippen LogP contribution in [0.5, 0.6) is 0 Å². The lowest BCUT2D eigenvalue weighted by atomic mass is 9.84. The maximum Gasteiger partial charge on any atom is 0.261 e. The van der Waals surface area contributed by atoms with Crippen LogP contribution in [0.2, 0.25) is 5.02 Å². The molecule has 20 heavy (non-hydrogen) atoms. The monoisotopic (exact) mass is 293 g/mol. The summed E-state index contributed by atoms with van der Waals surface area (Å²) < 4.78 is 6.05. The number of halogens is 1. The average Bonchev–Trinajstić information content (AvgIpc) is 2.63. The first-order chi connectivity index (χ1) is 9.56. The SMILES string of the molecule is CCC[C@@H]1CC(=O)C[C@]2(O1)C(=O)Nc1cccc(Cl)c12. The summed E-state index contributed by atoms with van der Waals surface area (Å²) in [5, 5.41) is 3.25. The first-order valence-corrected chi connectivity index (χ1v) is 7.24. The van der Waals surface area contributed by atoms with E-state index < -0.39 is 5.60 Å². The normalized spacial score (nSPS) is 28.6. The Morgan fingerprint density at radius 2 is 2.25 bits per heavy atom. The standard InChI is InChI=1S/C15H16ClNO3/c1-2-4-10-7-9(18)8-15(20-10)13-11(16)5-3-6-12(13)17-14(15)19/h3,5-6,10H,2,4,7-8H2,1H3,(H,17,19)/t10-,15-/m1/s1. The van der Waals surface area contributed by atoms with Gasteiger partial charge < -0.3 is 10.1 Å². The molecular weight excluding hydrogens is 278 g/mol. The fraction of sp³-hybridized carbons (Fsp3) is 0.467. The summed E-state index contributed by atoms with van der Waals surface area (Å²) in [6, 6.07) is 5.28. The quantitative estimate of drug-likeness (QED) is 0.912. The van der Waals surface area contributed by atoms with E-state index in [9.17, 15) is 9.59 Å². The molecule has 4 nitrogen and oxygen atoms in total. The van der Waals surface area contributed by atoms with Crippen molar-refractivity contribution in [3.63, 3.8) is 0 Å². The second-order valence-electron chi connectivity index (χ2n) is 5.39. The van der Waals surface area contributed by atoms with Gasteiger partial charge in [0.1, 0.15) is 5.78 Å². The van der Waals surface area contributed by atoms with Gasteiger partial charge in [-0.15, -0.1) is 0 Å². The molecule has 1 aromatic carbocycles. The van der Waals surface area contributed by atoms with Gasteiger partial charge in [-0.05, 0) is 18.6 Å². The molecule has 2 heterocycles. The molecule has 0 unspecified atom stereocenters. The first kappa shape index (κ1) is 13.6. The predicted molar refractivity (Wildman–Crippen MR) is 75.8 cm³/mol. The Kier molecular flexibility index (Phi) is 3.30. The van der Waals surface area contributed by atoms with Crippen LogP contribution in [-0.2, 0) is 19.9 Å². The van der Waals surface area contributed by atoms with Crippen molar-refractivity contribution >= 4 is 29.0 Å². The van der Waals surface area contributed by atoms with Crippen LogP contribution < -0.4 is 5.32 Å². The molecule has 1 spiro atoms. The fourth-order valence-electron chi connectivity index (χ4n) is 3.11. The lowest BCUT2D eigenvalue weighted by molar-refractivity contribution is -0.170. The van der Waals surface area contributed by atoms with Gasteiger partial charge in [-0.1, -0.05) is 31.0 Å². The van der Waals surface area contributed by atoms with E-state index in [-0.39, 0.29) is 24.2 Å². The van der Waals surface area contributed by atoms with Crippen LogP contribution in [0.25, 0.3) is 0 Å². The van der Waals surface area contributed by atoms with E-state index in [0.29, 0.717) is 22.7 Å². The zero-order valence-electron chi connectivity index (χ0n) is 11.2. The third kappa shape index (κ3) is 1.95. The molecule has 0 radical (unpaired) electrons. The van der Waals surface area contributed by atoms with Gasteiger partial charge in [0.2, 0.25) is 0 Å². The molecule has 106 valence electrons. The molecule has 2 aliphatic heterocycles. The van der Waals surface area contributed by atoms with Gasteiger partial charge in [0.15, 0.2) is 5.60 Å². The third-order valence-corrected chi connectivity index (χ3v) is 4.23. The van der Waals surface area contributed by atoms with Crippen molar-refractivity contribution < 1.29 is 14.3 Å². The molecule has 5 heteroatoms. The van der Waals surface area contributed by atoms with Gasteiger partial charge in [0.25, 0.3) is 5.91 Å². The number of ether oxygens (including phenoxy) is 1. The minimum Gasteiger partial charge on any atom is -0.356 e. The summed E-state index contributed by atoms with van der Waals surface area (Å²) in [6.45, 7) is 2.03. The maximum atomic E-state index is 12.4. The van der Waals surface area contributed by atoms with Crippen LogP contribution in [0.3, 0.4) is 0 Å². The molecule has 1 saturated heterocycles. The van der Waals surface area contributed by atoms with Crippen LogP contribution in [0.15, 0.2) is 18.2 Å². The first-order valence-electron chi connectivity index (χ1n) is 6.87. The number of benzene rings is 1. The van der Waals surface area contributed by atoms with E-state index in [0.717, 1.165) is 12.8 Å². The number of hydrogen-bond donors (Lipinski definition) is 1. The highest BCUT2D eigenvalue weighted by Crippen LogP contribution is 2.48. The number of amides is 1. The number of hydrogen-bond acceptors (Lipinski definition) is 3. The molecule has 0 bridgehead atoms. The Morgan fingerprint density at radius 3 is 3.00 bits per heavy atom. The Balaban J connectivity index is 2.07. The highest BCUT2D eigenvalue weighted by Gasteiger charge is 2.54. The average molecular weight is 294 g/mol. The number of carbonyl (C=O) groups excluding carboxylic acids is 2.